The first-order valence-corrected chi connectivity index (χ1v) is 10.9. The molecule has 1 atom stereocenters. The van der Waals surface area contributed by atoms with Crippen molar-refractivity contribution < 1.29 is 4.79 Å². The third-order valence-electron chi connectivity index (χ3n) is 6.41. The van der Waals surface area contributed by atoms with Gasteiger partial charge in [-0.3, -0.25) is 5.10 Å². The summed E-state index contributed by atoms with van der Waals surface area (Å²) in [5.41, 5.74) is 7.05. The summed E-state index contributed by atoms with van der Waals surface area (Å²) >= 11 is 0. The summed E-state index contributed by atoms with van der Waals surface area (Å²) in [5, 5.41) is 10.6. The van der Waals surface area contributed by atoms with Crippen molar-refractivity contribution in [3.8, 4) is 0 Å². The predicted molar refractivity (Wildman–Crippen MR) is 112 cm³/mol. The number of aldehydes is 1. The lowest BCUT2D eigenvalue weighted by Crippen LogP contribution is -2.53. The van der Waals surface area contributed by atoms with Crippen LogP contribution >= 0.6 is 0 Å². The zero-order valence-electron chi connectivity index (χ0n) is 17.0. The number of H-pyrrole nitrogens is 1. The highest BCUT2D eigenvalue weighted by Gasteiger charge is 2.26. The number of nitrogens with zero attached hydrogens (tertiary/aromatic N) is 3. The Labute approximate surface area is 167 Å². The van der Waals surface area contributed by atoms with Gasteiger partial charge < -0.3 is 9.69 Å². The van der Waals surface area contributed by atoms with Gasteiger partial charge in [0.15, 0.2) is 0 Å². The van der Waals surface area contributed by atoms with Crippen LogP contribution in [0.5, 0.6) is 0 Å². The summed E-state index contributed by atoms with van der Waals surface area (Å²) in [6, 6.07) is 4.91. The number of nitrogens with one attached hydrogen (secondary N) is 2. The fraction of sp³-hybridized carbons (Fsp3) is 0.636. The lowest BCUT2D eigenvalue weighted by molar-refractivity contribution is -0.111. The van der Waals surface area contributed by atoms with Crippen LogP contribution in [-0.2, 0) is 17.6 Å². The third-order valence-corrected chi connectivity index (χ3v) is 6.41. The van der Waals surface area contributed by atoms with Crippen molar-refractivity contribution in [2.75, 3.05) is 26.2 Å². The molecule has 2 fully saturated rings. The summed E-state index contributed by atoms with van der Waals surface area (Å²) in [6.45, 7) is 6.73. The number of hydrogen-bond donors (Lipinski definition) is 2. The van der Waals surface area contributed by atoms with Crippen molar-refractivity contribution in [2.45, 2.75) is 64.0 Å². The number of carbonyl (C=O) groups is 1. The number of aromatic amines is 1. The molecule has 0 saturated carbocycles. The summed E-state index contributed by atoms with van der Waals surface area (Å²) in [5.74, 6) is 0. The van der Waals surface area contributed by atoms with Crippen molar-refractivity contribution >= 4 is 17.2 Å². The average molecular weight is 384 g/mol. The fourth-order valence-electron chi connectivity index (χ4n) is 4.85. The van der Waals surface area contributed by atoms with Crippen LogP contribution in [0.25, 0.3) is 10.9 Å². The van der Waals surface area contributed by atoms with E-state index in [1.165, 1.54) is 56.3 Å². The molecule has 0 bridgehead atoms. The second-order valence-corrected chi connectivity index (χ2v) is 8.33. The maximum absolute atomic E-state index is 11.7. The number of rotatable bonds is 7. The number of piperidine rings is 2. The Kier molecular flexibility index (Phi) is 6.40. The van der Waals surface area contributed by atoms with Gasteiger partial charge in [-0.25, -0.2) is 10.4 Å². The number of carbonyl (C=O) groups excluding carboxylic acids is 1. The van der Waals surface area contributed by atoms with Crippen molar-refractivity contribution in [3.05, 3.63) is 29.5 Å². The summed E-state index contributed by atoms with van der Waals surface area (Å²) in [4.78, 5) is 14.4. The van der Waals surface area contributed by atoms with Crippen molar-refractivity contribution in [1.82, 2.24) is 25.5 Å². The number of hydrogen-bond acceptors (Lipinski definition) is 5. The highest BCUT2D eigenvalue weighted by molar-refractivity contribution is 5.82. The maximum atomic E-state index is 11.7. The summed E-state index contributed by atoms with van der Waals surface area (Å²) in [6.07, 6.45) is 11.1. The van der Waals surface area contributed by atoms with Crippen LogP contribution in [-0.4, -0.2) is 64.7 Å². The van der Waals surface area contributed by atoms with E-state index in [1.54, 1.807) is 0 Å². The Balaban J connectivity index is 1.33. The molecule has 0 spiro atoms. The molecule has 0 radical (unpaired) electrons. The van der Waals surface area contributed by atoms with E-state index in [-0.39, 0.29) is 6.04 Å². The second kappa shape index (κ2) is 9.16. The molecule has 6 heteroatoms. The minimum atomic E-state index is -0.180. The number of aromatic nitrogens is 2. The molecule has 0 aliphatic carbocycles. The summed E-state index contributed by atoms with van der Waals surface area (Å²) < 4.78 is 0. The van der Waals surface area contributed by atoms with Gasteiger partial charge in [0.1, 0.15) is 6.29 Å². The van der Waals surface area contributed by atoms with Crippen molar-refractivity contribution in [2.24, 2.45) is 0 Å². The van der Waals surface area contributed by atoms with Crippen LogP contribution in [0.2, 0.25) is 0 Å². The molecule has 3 heterocycles. The Hall–Kier alpha value is -1.76. The first kappa shape index (κ1) is 19.6. The van der Waals surface area contributed by atoms with E-state index in [1.807, 2.05) is 6.20 Å². The molecule has 2 N–H and O–H groups in total. The normalized spacial score (nSPS) is 21.2. The van der Waals surface area contributed by atoms with E-state index < -0.39 is 0 Å². The van der Waals surface area contributed by atoms with Crippen LogP contribution in [0.15, 0.2) is 18.3 Å². The van der Waals surface area contributed by atoms with Gasteiger partial charge in [-0.1, -0.05) is 19.4 Å². The predicted octanol–water partition coefficient (Wildman–Crippen LogP) is 2.69. The Morgan fingerprint density at radius 3 is 2.71 bits per heavy atom. The van der Waals surface area contributed by atoms with Crippen LogP contribution in [0.1, 0.15) is 50.2 Å². The van der Waals surface area contributed by atoms with Crippen molar-refractivity contribution in [1.29, 1.82) is 0 Å². The van der Waals surface area contributed by atoms with Gasteiger partial charge in [0.05, 0.1) is 17.8 Å². The van der Waals surface area contributed by atoms with Crippen LogP contribution in [0, 0.1) is 0 Å². The molecule has 1 unspecified atom stereocenters. The SMILES string of the molecule is CCc1cc(CC(C=O)NN2CCC(N3CCCCC3)CC2)cc2cn[nH]c12. The Morgan fingerprint density at radius 1 is 1.21 bits per heavy atom. The molecule has 28 heavy (non-hydrogen) atoms. The average Bonchev–Trinajstić information content (AvgIpc) is 3.22. The molecule has 0 amide bonds. The molecule has 2 saturated heterocycles. The minimum absolute atomic E-state index is 0.180. The zero-order chi connectivity index (χ0) is 19.3. The largest absolute Gasteiger partial charge is 0.302 e. The molecule has 1 aromatic carbocycles. The van der Waals surface area contributed by atoms with Gasteiger partial charge in [-0.15, -0.1) is 0 Å². The van der Waals surface area contributed by atoms with Gasteiger partial charge in [-0.05, 0) is 68.8 Å². The number of likely N-dealkylation sites (tertiary alicyclic amines) is 1. The highest BCUT2D eigenvalue weighted by Crippen LogP contribution is 2.22. The molecule has 6 nitrogen and oxygen atoms in total. The first-order chi connectivity index (χ1) is 13.8. The molecule has 4 rings (SSSR count). The van der Waals surface area contributed by atoms with Crippen molar-refractivity contribution in [3.63, 3.8) is 0 Å². The minimum Gasteiger partial charge on any atom is -0.302 e. The van der Waals surface area contributed by atoms with E-state index in [0.29, 0.717) is 6.42 Å². The number of hydrazine groups is 1. The van der Waals surface area contributed by atoms with E-state index in [0.717, 1.165) is 42.7 Å². The monoisotopic (exact) mass is 383 g/mol. The van der Waals surface area contributed by atoms with E-state index in [2.05, 4.69) is 44.6 Å². The molecule has 152 valence electrons. The van der Waals surface area contributed by atoms with E-state index >= 15 is 0 Å². The fourth-order valence-corrected chi connectivity index (χ4v) is 4.85. The second-order valence-electron chi connectivity index (χ2n) is 8.33. The molecule has 1 aromatic heterocycles. The number of aryl methyl sites for hydroxylation is 1. The Bertz CT molecular complexity index is 774. The number of fused-ring (bicyclic) bond motifs is 1. The van der Waals surface area contributed by atoms with Gasteiger partial charge in [0.25, 0.3) is 0 Å². The van der Waals surface area contributed by atoms with Gasteiger partial charge in [0.2, 0.25) is 0 Å². The first-order valence-electron chi connectivity index (χ1n) is 10.9. The molecule has 2 aliphatic rings. The van der Waals surface area contributed by atoms with E-state index in [9.17, 15) is 4.79 Å². The topological polar surface area (TPSA) is 64.3 Å². The Morgan fingerprint density at radius 2 is 2.00 bits per heavy atom. The van der Waals surface area contributed by atoms with E-state index in [4.69, 9.17) is 0 Å². The quantitative estimate of drug-likeness (QED) is 0.720. The van der Waals surface area contributed by atoms with Crippen LogP contribution in [0.3, 0.4) is 0 Å². The molecular formula is C22H33N5O. The molecule has 2 aliphatic heterocycles. The third kappa shape index (κ3) is 4.45. The standard InChI is InChI=1S/C22H33N5O/c1-2-18-12-17(13-19-15-23-24-22(18)19)14-20(16-28)25-27-10-6-21(7-11-27)26-8-4-3-5-9-26/h12-13,15-16,20-21,25H,2-11,14H2,1H3,(H,23,24). The van der Waals surface area contributed by atoms with Crippen LogP contribution < -0.4 is 5.43 Å². The van der Waals surface area contributed by atoms with Gasteiger partial charge in [-0.2, -0.15) is 5.10 Å². The summed E-state index contributed by atoms with van der Waals surface area (Å²) in [7, 11) is 0. The number of benzene rings is 1. The molecule has 2 aromatic rings. The zero-order valence-corrected chi connectivity index (χ0v) is 17.0. The molecular weight excluding hydrogens is 350 g/mol. The smallest absolute Gasteiger partial charge is 0.138 e. The lowest BCUT2D eigenvalue weighted by atomic mass is 9.99. The van der Waals surface area contributed by atoms with Gasteiger partial charge >= 0.3 is 0 Å². The van der Waals surface area contributed by atoms with Gasteiger partial charge in [0, 0.05) is 24.5 Å². The lowest BCUT2D eigenvalue weighted by Gasteiger charge is -2.40. The maximum Gasteiger partial charge on any atom is 0.138 e. The van der Waals surface area contributed by atoms with Crippen LogP contribution in [0.4, 0.5) is 0 Å². The highest BCUT2D eigenvalue weighted by atomic mass is 16.1.